The number of benzene rings is 1. The van der Waals surface area contributed by atoms with Gasteiger partial charge in [0.15, 0.2) is 0 Å². The Morgan fingerprint density at radius 1 is 1.41 bits per heavy atom. The van der Waals surface area contributed by atoms with Crippen LogP contribution in [0.3, 0.4) is 0 Å². The molecule has 3 rings (SSSR count). The zero-order valence-corrected chi connectivity index (χ0v) is 11.2. The van der Waals surface area contributed by atoms with E-state index in [1.165, 1.54) is 5.56 Å². The molecule has 4 heteroatoms. The zero-order valence-electron chi connectivity index (χ0n) is 9.72. The summed E-state index contributed by atoms with van der Waals surface area (Å²) >= 11 is 12.4. The van der Waals surface area contributed by atoms with Gasteiger partial charge in [0, 0.05) is 23.6 Å². The third-order valence-electron chi connectivity index (χ3n) is 3.89. The lowest BCUT2D eigenvalue weighted by atomic mass is 9.74. The summed E-state index contributed by atoms with van der Waals surface area (Å²) in [6.45, 7) is 3.88. The van der Waals surface area contributed by atoms with Gasteiger partial charge >= 0.3 is 0 Å². The van der Waals surface area contributed by atoms with Crippen LogP contribution in [0.4, 0.5) is 5.69 Å². The third kappa shape index (κ3) is 1.83. The number of fused-ring (bicyclic) bond motifs is 2. The van der Waals surface area contributed by atoms with Crippen molar-refractivity contribution in [2.45, 2.75) is 31.3 Å². The molecule has 2 heterocycles. The summed E-state index contributed by atoms with van der Waals surface area (Å²) in [5, 5.41) is 4.87. The lowest BCUT2D eigenvalue weighted by Gasteiger charge is -2.37. The van der Waals surface area contributed by atoms with Crippen molar-refractivity contribution in [3.63, 3.8) is 0 Å². The van der Waals surface area contributed by atoms with E-state index in [1.54, 1.807) is 6.07 Å². The first-order valence-corrected chi connectivity index (χ1v) is 6.71. The summed E-state index contributed by atoms with van der Waals surface area (Å²) in [5.74, 6) is 0. The maximum absolute atomic E-state index is 6.24. The molecule has 2 nitrogen and oxygen atoms in total. The smallest absolute Gasteiger partial charge is 0.0655 e. The summed E-state index contributed by atoms with van der Waals surface area (Å²) in [5.41, 5.74) is 2.48. The van der Waals surface area contributed by atoms with Gasteiger partial charge in [0.1, 0.15) is 0 Å². The van der Waals surface area contributed by atoms with Crippen molar-refractivity contribution in [1.29, 1.82) is 0 Å². The Hall–Kier alpha value is -0.440. The maximum Gasteiger partial charge on any atom is 0.0655 e. The second kappa shape index (κ2) is 4.04. The van der Waals surface area contributed by atoms with Crippen LogP contribution in [0, 0.1) is 0 Å². The highest BCUT2D eigenvalue weighted by Gasteiger charge is 2.43. The topological polar surface area (TPSA) is 21.3 Å². The van der Waals surface area contributed by atoms with Crippen molar-refractivity contribution in [2.24, 2.45) is 0 Å². The average Bonchev–Trinajstić information content (AvgIpc) is 2.58. The summed E-state index contributed by atoms with van der Waals surface area (Å²) in [6, 6.07) is 3.86. The van der Waals surface area contributed by atoms with Gasteiger partial charge in [-0.25, -0.2) is 0 Å². The molecule has 1 saturated heterocycles. The first kappa shape index (κ1) is 11.6. The predicted octanol–water partition coefficient (Wildman–Crippen LogP) is 3.86. The number of hydrogen-bond donors (Lipinski definition) is 1. The normalized spacial score (nSPS) is 31.4. The Bertz CT molecular complexity index is 463. The number of hydrogen-bond acceptors (Lipinski definition) is 2. The van der Waals surface area contributed by atoms with E-state index in [0.29, 0.717) is 6.10 Å². The van der Waals surface area contributed by atoms with Gasteiger partial charge in [-0.15, -0.1) is 0 Å². The van der Waals surface area contributed by atoms with Crippen LogP contribution in [0.2, 0.25) is 10.0 Å². The van der Waals surface area contributed by atoms with E-state index in [4.69, 9.17) is 27.9 Å². The molecule has 2 unspecified atom stereocenters. The van der Waals surface area contributed by atoms with Crippen LogP contribution >= 0.6 is 23.2 Å². The Kier molecular flexibility index (Phi) is 2.77. The molecule has 17 heavy (non-hydrogen) atoms. The van der Waals surface area contributed by atoms with E-state index in [2.05, 4.69) is 18.3 Å². The predicted molar refractivity (Wildman–Crippen MR) is 71.3 cm³/mol. The SMILES string of the molecule is CC1CC2(CCO1)CNc1c(Cl)cc(Cl)cc12. The largest absolute Gasteiger partial charge is 0.383 e. The molecule has 0 amide bonds. The highest BCUT2D eigenvalue weighted by atomic mass is 35.5. The third-order valence-corrected chi connectivity index (χ3v) is 4.41. The summed E-state index contributed by atoms with van der Waals surface area (Å²) in [7, 11) is 0. The van der Waals surface area contributed by atoms with E-state index in [1.807, 2.05) is 0 Å². The van der Waals surface area contributed by atoms with Crippen LogP contribution < -0.4 is 5.32 Å². The van der Waals surface area contributed by atoms with E-state index in [9.17, 15) is 0 Å². The molecule has 1 aromatic rings. The highest BCUT2D eigenvalue weighted by molar-refractivity contribution is 6.36. The van der Waals surface area contributed by atoms with Gasteiger partial charge in [-0.2, -0.15) is 0 Å². The minimum absolute atomic E-state index is 0.154. The first-order valence-electron chi connectivity index (χ1n) is 5.96. The van der Waals surface area contributed by atoms with Crippen molar-refractivity contribution in [3.8, 4) is 0 Å². The first-order chi connectivity index (χ1) is 8.11. The molecule has 2 aliphatic rings. The molecule has 0 saturated carbocycles. The maximum atomic E-state index is 6.24. The van der Waals surface area contributed by atoms with E-state index in [0.717, 1.165) is 41.7 Å². The number of nitrogens with one attached hydrogen (secondary N) is 1. The van der Waals surface area contributed by atoms with Crippen LogP contribution in [0.1, 0.15) is 25.3 Å². The highest BCUT2D eigenvalue weighted by Crippen LogP contribution is 2.48. The molecule has 92 valence electrons. The van der Waals surface area contributed by atoms with Crippen molar-refractivity contribution < 1.29 is 4.74 Å². The van der Waals surface area contributed by atoms with Crippen molar-refractivity contribution in [2.75, 3.05) is 18.5 Å². The van der Waals surface area contributed by atoms with Crippen LogP contribution in [0.25, 0.3) is 0 Å². The monoisotopic (exact) mass is 271 g/mol. The van der Waals surface area contributed by atoms with Crippen molar-refractivity contribution in [1.82, 2.24) is 0 Å². The molecule has 0 bridgehead atoms. The van der Waals surface area contributed by atoms with Crippen molar-refractivity contribution >= 4 is 28.9 Å². The quantitative estimate of drug-likeness (QED) is 0.774. The van der Waals surface area contributed by atoms with Crippen LogP contribution in [-0.2, 0) is 10.2 Å². The number of halogens is 2. The molecule has 1 N–H and O–H groups in total. The second-order valence-electron chi connectivity index (χ2n) is 5.08. The van der Waals surface area contributed by atoms with Crippen molar-refractivity contribution in [3.05, 3.63) is 27.7 Å². The minimum atomic E-state index is 0.154. The Labute approximate surface area is 111 Å². The van der Waals surface area contributed by atoms with Crippen LogP contribution in [0.5, 0.6) is 0 Å². The molecule has 1 aromatic carbocycles. The van der Waals surface area contributed by atoms with E-state index >= 15 is 0 Å². The minimum Gasteiger partial charge on any atom is -0.383 e. The fourth-order valence-corrected chi connectivity index (χ4v) is 3.66. The lowest BCUT2D eigenvalue weighted by Crippen LogP contribution is -2.39. The lowest BCUT2D eigenvalue weighted by molar-refractivity contribution is -0.00527. The van der Waals surface area contributed by atoms with Gasteiger partial charge in [0.2, 0.25) is 0 Å². The molecular formula is C13H15Cl2NO. The molecule has 2 aliphatic heterocycles. The standard InChI is InChI=1S/C13H15Cl2NO/c1-8-6-13(2-3-17-8)7-16-12-10(13)4-9(14)5-11(12)15/h4-5,8,16H,2-3,6-7H2,1H3. The molecule has 1 spiro atoms. The number of rotatable bonds is 0. The molecule has 0 radical (unpaired) electrons. The van der Waals surface area contributed by atoms with Gasteiger partial charge in [-0.1, -0.05) is 23.2 Å². The molecule has 2 atom stereocenters. The summed E-state index contributed by atoms with van der Waals surface area (Å²) in [6.07, 6.45) is 2.37. The van der Waals surface area contributed by atoms with Crippen LogP contribution in [-0.4, -0.2) is 19.3 Å². The summed E-state index contributed by atoms with van der Waals surface area (Å²) < 4.78 is 5.65. The second-order valence-corrected chi connectivity index (χ2v) is 5.92. The molecule has 1 fully saturated rings. The Morgan fingerprint density at radius 2 is 2.24 bits per heavy atom. The van der Waals surface area contributed by atoms with E-state index < -0.39 is 0 Å². The van der Waals surface area contributed by atoms with Gasteiger partial charge in [0.05, 0.1) is 16.8 Å². The zero-order chi connectivity index (χ0) is 12.0. The molecular weight excluding hydrogens is 257 g/mol. The van der Waals surface area contributed by atoms with Gasteiger partial charge < -0.3 is 10.1 Å². The van der Waals surface area contributed by atoms with Gasteiger partial charge in [0.25, 0.3) is 0 Å². The molecule has 0 aliphatic carbocycles. The Morgan fingerprint density at radius 3 is 3.00 bits per heavy atom. The summed E-state index contributed by atoms with van der Waals surface area (Å²) in [4.78, 5) is 0. The van der Waals surface area contributed by atoms with Gasteiger partial charge in [-0.3, -0.25) is 0 Å². The molecule has 0 aromatic heterocycles. The Balaban J connectivity index is 2.08. The van der Waals surface area contributed by atoms with Crippen LogP contribution in [0.15, 0.2) is 12.1 Å². The van der Waals surface area contributed by atoms with E-state index in [-0.39, 0.29) is 5.41 Å². The average molecular weight is 272 g/mol. The number of anilines is 1. The van der Waals surface area contributed by atoms with Gasteiger partial charge in [-0.05, 0) is 37.5 Å². The fourth-order valence-electron chi connectivity index (χ4n) is 3.10. The number of ether oxygens (including phenoxy) is 1. The fraction of sp³-hybridized carbons (Fsp3) is 0.538.